The molecule has 2 amide bonds. The molecular formula is C20H23N3O4. The standard InChI is InChI=1S/C20H23N3O4/c1-13-9-10-15(20(26)27)11-16(13)22-19(25)18(24)21-12-17(23(2)3)14-7-5-4-6-8-14/h4-11,17H,12H2,1-3H3,(H,21,24)(H,22,25)(H,26,27)/t17-/m1/s1. The second kappa shape index (κ2) is 8.95. The molecule has 1 atom stereocenters. The number of aryl methyl sites for hydroxylation is 1. The molecule has 0 saturated heterocycles. The van der Waals surface area contributed by atoms with Crippen LogP contribution in [0.25, 0.3) is 0 Å². The molecule has 7 nitrogen and oxygen atoms in total. The highest BCUT2D eigenvalue weighted by Crippen LogP contribution is 2.18. The Labute approximate surface area is 158 Å². The molecule has 0 aromatic heterocycles. The Morgan fingerprint density at radius 1 is 1.04 bits per heavy atom. The molecule has 2 rings (SSSR count). The van der Waals surface area contributed by atoms with Crippen molar-refractivity contribution < 1.29 is 19.5 Å². The van der Waals surface area contributed by atoms with E-state index >= 15 is 0 Å². The molecule has 0 bridgehead atoms. The first kappa shape index (κ1) is 20.1. The Hall–Kier alpha value is -3.19. The van der Waals surface area contributed by atoms with E-state index < -0.39 is 17.8 Å². The van der Waals surface area contributed by atoms with Gasteiger partial charge in [-0.2, -0.15) is 0 Å². The van der Waals surface area contributed by atoms with Crippen molar-refractivity contribution in [3.05, 3.63) is 65.2 Å². The van der Waals surface area contributed by atoms with Crippen LogP contribution in [-0.4, -0.2) is 48.4 Å². The topological polar surface area (TPSA) is 98.7 Å². The molecule has 0 aliphatic carbocycles. The molecule has 0 radical (unpaired) electrons. The van der Waals surface area contributed by atoms with Gasteiger partial charge in [-0.25, -0.2) is 4.79 Å². The lowest BCUT2D eigenvalue weighted by molar-refractivity contribution is -0.136. The summed E-state index contributed by atoms with van der Waals surface area (Å²) in [7, 11) is 3.79. The number of anilines is 1. The summed E-state index contributed by atoms with van der Waals surface area (Å²) < 4.78 is 0. The van der Waals surface area contributed by atoms with Crippen LogP contribution in [0.2, 0.25) is 0 Å². The highest BCUT2D eigenvalue weighted by atomic mass is 16.4. The van der Waals surface area contributed by atoms with Crippen LogP contribution in [0.5, 0.6) is 0 Å². The summed E-state index contributed by atoms with van der Waals surface area (Å²) in [4.78, 5) is 37.4. The number of hydrogen-bond acceptors (Lipinski definition) is 4. The number of likely N-dealkylation sites (N-methyl/N-ethyl adjacent to an activating group) is 1. The van der Waals surface area contributed by atoms with Gasteiger partial charge in [-0.15, -0.1) is 0 Å². The first-order valence-corrected chi connectivity index (χ1v) is 8.44. The van der Waals surface area contributed by atoms with Crippen LogP contribution in [0, 0.1) is 6.92 Å². The van der Waals surface area contributed by atoms with Crippen LogP contribution in [0.4, 0.5) is 5.69 Å². The van der Waals surface area contributed by atoms with Crippen LogP contribution in [-0.2, 0) is 9.59 Å². The Morgan fingerprint density at radius 3 is 2.30 bits per heavy atom. The lowest BCUT2D eigenvalue weighted by atomic mass is 10.1. The van der Waals surface area contributed by atoms with Crippen LogP contribution < -0.4 is 10.6 Å². The van der Waals surface area contributed by atoms with E-state index in [9.17, 15) is 14.4 Å². The number of aromatic carboxylic acids is 1. The summed E-state index contributed by atoms with van der Waals surface area (Å²) in [6, 6.07) is 13.9. The molecule has 0 spiro atoms. The highest BCUT2D eigenvalue weighted by molar-refractivity contribution is 6.39. The number of amides is 2. The van der Waals surface area contributed by atoms with Crippen molar-refractivity contribution in [2.24, 2.45) is 0 Å². The van der Waals surface area contributed by atoms with Crippen molar-refractivity contribution in [1.82, 2.24) is 10.2 Å². The van der Waals surface area contributed by atoms with Gasteiger partial charge in [0.05, 0.1) is 11.6 Å². The third-order valence-corrected chi connectivity index (χ3v) is 4.20. The van der Waals surface area contributed by atoms with Gasteiger partial charge < -0.3 is 20.6 Å². The molecular weight excluding hydrogens is 346 g/mol. The fourth-order valence-corrected chi connectivity index (χ4v) is 2.61. The molecule has 27 heavy (non-hydrogen) atoms. The van der Waals surface area contributed by atoms with E-state index in [4.69, 9.17) is 5.11 Å². The lowest BCUT2D eigenvalue weighted by Gasteiger charge is -2.25. The van der Waals surface area contributed by atoms with Crippen LogP contribution in [0.1, 0.15) is 27.5 Å². The Balaban J connectivity index is 2.02. The minimum absolute atomic E-state index is 0.0352. The van der Waals surface area contributed by atoms with Crippen molar-refractivity contribution in [1.29, 1.82) is 0 Å². The van der Waals surface area contributed by atoms with Crippen molar-refractivity contribution in [3.8, 4) is 0 Å². The van der Waals surface area contributed by atoms with Gasteiger partial charge in [-0.3, -0.25) is 9.59 Å². The van der Waals surface area contributed by atoms with Crippen LogP contribution in [0.15, 0.2) is 48.5 Å². The van der Waals surface area contributed by atoms with Gasteiger partial charge in [0.15, 0.2) is 0 Å². The zero-order valence-corrected chi connectivity index (χ0v) is 15.5. The normalized spacial score (nSPS) is 11.7. The van der Waals surface area contributed by atoms with Gasteiger partial charge in [0, 0.05) is 12.2 Å². The maximum Gasteiger partial charge on any atom is 0.335 e. The molecule has 7 heteroatoms. The van der Waals surface area contributed by atoms with Crippen molar-refractivity contribution in [2.75, 3.05) is 26.0 Å². The zero-order chi connectivity index (χ0) is 20.0. The predicted molar refractivity (Wildman–Crippen MR) is 103 cm³/mol. The summed E-state index contributed by atoms with van der Waals surface area (Å²) in [5.74, 6) is -2.73. The van der Waals surface area contributed by atoms with E-state index in [2.05, 4.69) is 10.6 Å². The van der Waals surface area contributed by atoms with Gasteiger partial charge >= 0.3 is 17.8 Å². The van der Waals surface area contributed by atoms with E-state index in [0.29, 0.717) is 11.3 Å². The molecule has 0 heterocycles. The average Bonchev–Trinajstić information content (AvgIpc) is 2.63. The molecule has 3 N–H and O–H groups in total. The molecule has 0 unspecified atom stereocenters. The number of carboxylic acids is 1. The Morgan fingerprint density at radius 2 is 1.70 bits per heavy atom. The summed E-state index contributed by atoms with van der Waals surface area (Å²) in [6.07, 6.45) is 0. The quantitative estimate of drug-likeness (QED) is 0.677. The monoisotopic (exact) mass is 369 g/mol. The molecule has 0 aliphatic heterocycles. The molecule has 0 fully saturated rings. The summed E-state index contributed by atoms with van der Waals surface area (Å²) in [5, 5.41) is 14.2. The minimum atomic E-state index is -1.10. The summed E-state index contributed by atoms with van der Waals surface area (Å²) in [6.45, 7) is 1.98. The first-order valence-electron chi connectivity index (χ1n) is 8.44. The largest absolute Gasteiger partial charge is 0.478 e. The van der Waals surface area contributed by atoms with Crippen molar-refractivity contribution in [3.63, 3.8) is 0 Å². The van der Waals surface area contributed by atoms with E-state index in [1.54, 1.807) is 13.0 Å². The van der Waals surface area contributed by atoms with Gasteiger partial charge in [0.25, 0.3) is 0 Å². The molecule has 2 aromatic rings. The molecule has 0 aliphatic rings. The Kier molecular flexibility index (Phi) is 6.67. The maximum atomic E-state index is 12.2. The van der Waals surface area contributed by atoms with Crippen molar-refractivity contribution in [2.45, 2.75) is 13.0 Å². The number of benzene rings is 2. The number of nitrogens with zero attached hydrogens (tertiary/aromatic N) is 1. The van der Waals surface area contributed by atoms with Crippen LogP contribution >= 0.6 is 0 Å². The van der Waals surface area contributed by atoms with E-state index in [0.717, 1.165) is 5.56 Å². The van der Waals surface area contributed by atoms with E-state index in [-0.39, 0.29) is 18.2 Å². The van der Waals surface area contributed by atoms with Gasteiger partial charge in [-0.05, 0) is 44.3 Å². The number of rotatable bonds is 6. The molecule has 0 saturated carbocycles. The predicted octanol–water partition coefficient (Wildman–Crippen LogP) is 2.05. The lowest BCUT2D eigenvalue weighted by Crippen LogP contribution is -2.40. The first-order chi connectivity index (χ1) is 12.8. The summed E-state index contributed by atoms with van der Waals surface area (Å²) >= 11 is 0. The second-order valence-corrected chi connectivity index (χ2v) is 6.39. The number of carbonyl (C=O) groups is 3. The maximum absolute atomic E-state index is 12.2. The smallest absolute Gasteiger partial charge is 0.335 e. The van der Waals surface area contributed by atoms with E-state index in [1.165, 1.54) is 12.1 Å². The SMILES string of the molecule is Cc1ccc(C(=O)O)cc1NC(=O)C(=O)NC[C@H](c1ccccc1)N(C)C. The number of carboxylic acid groups (broad SMARTS) is 1. The van der Waals surface area contributed by atoms with Gasteiger partial charge in [0.1, 0.15) is 0 Å². The second-order valence-electron chi connectivity index (χ2n) is 6.39. The number of nitrogens with one attached hydrogen (secondary N) is 2. The fraction of sp³-hybridized carbons (Fsp3) is 0.250. The molecule has 2 aromatic carbocycles. The zero-order valence-electron chi connectivity index (χ0n) is 15.5. The van der Waals surface area contributed by atoms with Gasteiger partial charge in [-0.1, -0.05) is 36.4 Å². The minimum Gasteiger partial charge on any atom is -0.478 e. The number of hydrogen-bond donors (Lipinski definition) is 3. The highest BCUT2D eigenvalue weighted by Gasteiger charge is 2.19. The van der Waals surface area contributed by atoms with Gasteiger partial charge in [0.2, 0.25) is 0 Å². The third kappa shape index (κ3) is 5.39. The average molecular weight is 369 g/mol. The summed E-state index contributed by atoms with van der Waals surface area (Å²) in [5.41, 5.74) is 2.01. The Bertz CT molecular complexity index is 834. The van der Waals surface area contributed by atoms with Crippen LogP contribution in [0.3, 0.4) is 0 Å². The van der Waals surface area contributed by atoms with Crippen molar-refractivity contribution >= 4 is 23.5 Å². The molecule has 142 valence electrons. The third-order valence-electron chi connectivity index (χ3n) is 4.20. The van der Waals surface area contributed by atoms with E-state index in [1.807, 2.05) is 49.3 Å². The number of carbonyl (C=O) groups excluding carboxylic acids is 2. The fourth-order valence-electron chi connectivity index (χ4n) is 2.61.